The second-order valence-corrected chi connectivity index (χ2v) is 9.44. The molecule has 2 heterocycles. The first-order valence-corrected chi connectivity index (χ1v) is 12.1. The van der Waals surface area contributed by atoms with Crippen LogP contribution >= 0.6 is 0 Å². The van der Waals surface area contributed by atoms with Gasteiger partial charge in [0, 0.05) is 23.7 Å². The number of fused-ring (bicyclic) bond motifs is 1. The Morgan fingerprint density at radius 3 is 2.65 bits per heavy atom. The summed E-state index contributed by atoms with van der Waals surface area (Å²) in [5, 5.41) is 23.3. The maximum Gasteiger partial charge on any atom is 0.252 e. The molecule has 3 aromatic carbocycles. The molecule has 1 aliphatic rings. The Kier molecular flexibility index (Phi) is 5.64. The van der Waals surface area contributed by atoms with Crippen molar-refractivity contribution < 1.29 is 14.3 Å². The molecule has 2 aromatic heterocycles. The number of amides is 1. The third-order valence-electron chi connectivity index (χ3n) is 6.87. The SMILES string of the molecule is Cc1ccc(-c2nnc([C@H]3C[C@H](NC(=O)c4cccc5cc(O)ccc45)C3)n2-c2ccccc2F)nc1. The molecule has 5 aromatic rings. The number of pyridine rings is 1. The summed E-state index contributed by atoms with van der Waals surface area (Å²) in [6, 6.07) is 20.7. The first kappa shape index (κ1) is 22.8. The molecule has 2 N–H and O–H groups in total. The quantitative estimate of drug-likeness (QED) is 0.346. The fourth-order valence-electron chi connectivity index (χ4n) is 4.88. The average Bonchev–Trinajstić information content (AvgIpc) is 3.30. The number of aromatic hydroxyl groups is 1. The van der Waals surface area contributed by atoms with Crippen molar-refractivity contribution >= 4 is 16.7 Å². The van der Waals surface area contributed by atoms with Gasteiger partial charge in [-0.15, -0.1) is 10.2 Å². The number of halogens is 1. The molecule has 184 valence electrons. The maximum absolute atomic E-state index is 14.9. The van der Waals surface area contributed by atoms with Gasteiger partial charge in [-0.05, 0) is 78.6 Å². The van der Waals surface area contributed by atoms with Gasteiger partial charge in [-0.25, -0.2) is 4.39 Å². The zero-order valence-corrected chi connectivity index (χ0v) is 20.1. The van der Waals surface area contributed by atoms with E-state index in [-0.39, 0.29) is 29.4 Å². The first-order chi connectivity index (χ1) is 18.0. The molecule has 1 fully saturated rings. The lowest BCUT2D eigenvalue weighted by molar-refractivity contribution is 0.0909. The van der Waals surface area contributed by atoms with E-state index in [1.54, 1.807) is 59.3 Å². The molecule has 0 atom stereocenters. The summed E-state index contributed by atoms with van der Waals surface area (Å²) in [5.74, 6) is 0.746. The number of nitrogens with zero attached hydrogens (tertiary/aromatic N) is 4. The Morgan fingerprint density at radius 1 is 1.03 bits per heavy atom. The van der Waals surface area contributed by atoms with Gasteiger partial charge >= 0.3 is 0 Å². The monoisotopic (exact) mass is 493 g/mol. The van der Waals surface area contributed by atoms with E-state index in [9.17, 15) is 14.3 Å². The van der Waals surface area contributed by atoms with Gasteiger partial charge in [0.25, 0.3) is 5.91 Å². The molecular weight excluding hydrogens is 469 g/mol. The average molecular weight is 494 g/mol. The molecule has 0 aliphatic heterocycles. The molecule has 0 unspecified atom stereocenters. The van der Waals surface area contributed by atoms with Crippen LogP contribution in [0.15, 0.2) is 79.0 Å². The highest BCUT2D eigenvalue weighted by molar-refractivity contribution is 6.07. The summed E-state index contributed by atoms with van der Waals surface area (Å²) in [4.78, 5) is 17.6. The highest BCUT2D eigenvalue weighted by Crippen LogP contribution is 2.39. The second-order valence-electron chi connectivity index (χ2n) is 9.44. The Morgan fingerprint density at radius 2 is 1.86 bits per heavy atom. The van der Waals surface area contributed by atoms with Crippen LogP contribution in [-0.2, 0) is 0 Å². The lowest BCUT2D eigenvalue weighted by atomic mass is 9.79. The minimum absolute atomic E-state index is 0.000990. The van der Waals surface area contributed by atoms with Crippen molar-refractivity contribution in [1.82, 2.24) is 25.1 Å². The number of hydrogen-bond donors (Lipinski definition) is 2. The predicted molar refractivity (Wildman–Crippen MR) is 138 cm³/mol. The van der Waals surface area contributed by atoms with Crippen LogP contribution in [0.4, 0.5) is 4.39 Å². The van der Waals surface area contributed by atoms with E-state index in [0.717, 1.165) is 16.3 Å². The predicted octanol–water partition coefficient (Wildman–Crippen LogP) is 5.31. The van der Waals surface area contributed by atoms with E-state index in [0.29, 0.717) is 41.4 Å². The molecule has 7 nitrogen and oxygen atoms in total. The number of benzene rings is 3. The molecule has 1 saturated carbocycles. The van der Waals surface area contributed by atoms with Gasteiger partial charge in [0.15, 0.2) is 5.82 Å². The van der Waals surface area contributed by atoms with Gasteiger partial charge < -0.3 is 10.4 Å². The number of phenols is 1. The van der Waals surface area contributed by atoms with Crippen molar-refractivity contribution in [2.75, 3.05) is 0 Å². The Hall–Kier alpha value is -4.59. The number of nitrogens with one attached hydrogen (secondary N) is 1. The Labute approximate surface area is 212 Å². The van der Waals surface area contributed by atoms with Crippen molar-refractivity contribution in [3.63, 3.8) is 0 Å². The maximum atomic E-state index is 14.9. The van der Waals surface area contributed by atoms with Gasteiger partial charge in [0.05, 0.1) is 5.69 Å². The summed E-state index contributed by atoms with van der Waals surface area (Å²) in [6.45, 7) is 1.95. The van der Waals surface area contributed by atoms with Crippen LogP contribution in [0, 0.1) is 12.7 Å². The van der Waals surface area contributed by atoms with Crippen molar-refractivity contribution in [3.05, 3.63) is 102 Å². The second kappa shape index (κ2) is 9.13. The highest BCUT2D eigenvalue weighted by atomic mass is 19.1. The van der Waals surface area contributed by atoms with E-state index >= 15 is 0 Å². The largest absolute Gasteiger partial charge is 0.508 e. The minimum atomic E-state index is -0.372. The molecule has 8 heteroatoms. The van der Waals surface area contributed by atoms with Gasteiger partial charge in [-0.3, -0.25) is 14.3 Å². The van der Waals surface area contributed by atoms with Crippen LogP contribution in [0.1, 0.15) is 40.5 Å². The number of phenolic OH excluding ortho intramolecular Hbond substituents is 1. The fourth-order valence-corrected chi connectivity index (χ4v) is 4.88. The fraction of sp³-hybridized carbons (Fsp3) is 0.172. The van der Waals surface area contributed by atoms with E-state index in [1.807, 2.05) is 25.1 Å². The number of hydrogen-bond acceptors (Lipinski definition) is 5. The number of rotatable bonds is 5. The number of carbonyl (C=O) groups excluding carboxylic acids is 1. The third-order valence-corrected chi connectivity index (χ3v) is 6.87. The molecule has 0 radical (unpaired) electrons. The van der Waals surface area contributed by atoms with Crippen molar-refractivity contribution in [2.24, 2.45) is 0 Å². The standard InChI is InChI=1S/C29H24FN5O2/c1-17-9-12-25(31-16-17)28-34-33-27(35(28)26-8-3-2-7-24(26)30)19-13-20(14-19)32-29(37)23-6-4-5-18-15-21(36)10-11-22(18)23/h2-12,15-16,19-20,36H,13-14H2,1H3,(H,32,37)/t19-,20-. The molecule has 0 saturated heterocycles. The van der Waals surface area contributed by atoms with E-state index in [1.165, 1.54) is 6.07 Å². The van der Waals surface area contributed by atoms with Crippen LogP contribution < -0.4 is 5.32 Å². The smallest absolute Gasteiger partial charge is 0.252 e. The summed E-state index contributed by atoms with van der Waals surface area (Å²) < 4.78 is 16.6. The van der Waals surface area contributed by atoms with Crippen LogP contribution in [0.5, 0.6) is 5.75 Å². The van der Waals surface area contributed by atoms with E-state index < -0.39 is 0 Å². The van der Waals surface area contributed by atoms with Crippen LogP contribution in [0.2, 0.25) is 0 Å². The van der Waals surface area contributed by atoms with E-state index in [2.05, 4.69) is 20.5 Å². The third kappa shape index (κ3) is 4.20. The van der Waals surface area contributed by atoms with Gasteiger partial charge in [-0.1, -0.05) is 30.3 Å². The Balaban J connectivity index is 1.26. The summed E-state index contributed by atoms with van der Waals surface area (Å²) >= 11 is 0. The molecule has 0 bridgehead atoms. The molecule has 6 rings (SSSR count). The van der Waals surface area contributed by atoms with Crippen molar-refractivity contribution in [2.45, 2.75) is 31.7 Å². The summed E-state index contributed by atoms with van der Waals surface area (Å²) in [7, 11) is 0. The molecule has 37 heavy (non-hydrogen) atoms. The van der Waals surface area contributed by atoms with Crippen LogP contribution in [-0.4, -0.2) is 36.8 Å². The zero-order valence-electron chi connectivity index (χ0n) is 20.1. The summed E-state index contributed by atoms with van der Waals surface area (Å²) in [6.07, 6.45) is 3.06. The highest BCUT2D eigenvalue weighted by Gasteiger charge is 2.36. The summed E-state index contributed by atoms with van der Waals surface area (Å²) in [5.41, 5.74) is 2.55. The number of carbonyl (C=O) groups is 1. The van der Waals surface area contributed by atoms with Crippen LogP contribution in [0.3, 0.4) is 0 Å². The minimum Gasteiger partial charge on any atom is -0.508 e. The van der Waals surface area contributed by atoms with Crippen molar-refractivity contribution in [3.8, 4) is 23.0 Å². The first-order valence-electron chi connectivity index (χ1n) is 12.1. The number of aromatic nitrogens is 4. The Bertz CT molecular complexity index is 1620. The van der Waals surface area contributed by atoms with Gasteiger partial charge in [0.2, 0.25) is 0 Å². The van der Waals surface area contributed by atoms with Gasteiger partial charge in [0.1, 0.15) is 23.1 Å². The van der Waals surface area contributed by atoms with Gasteiger partial charge in [-0.2, -0.15) is 0 Å². The normalized spacial score (nSPS) is 16.9. The van der Waals surface area contributed by atoms with Crippen molar-refractivity contribution in [1.29, 1.82) is 0 Å². The lowest BCUT2D eigenvalue weighted by Gasteiger charge is -2.35. The number of aryl methyl sites for hydroxylation is 1. The molecule has 1 amide bonds. The zero-order chi connectivity index (χ0) is 25.5. The van der Waals surface area contributed by atoms with Crippen LogP contribution in [0.25, 0.3) is 28.0 Å². The molecule has 0 spiro atoms. The van der Waals surface area contributed by atoms with E-state index in [4.69, 9.17) is 0 Å². The number of para-hydroxylation sites is 1. The topological polar surface area (TPSA) is 92.9 Å². The molecule has 1 aliphatic carbocycles. The lowest BCUT2D eigenvalue weighted by Crippen LogP contribution is -2.44. The molecular formula is C29H24FN5O2.